The van der Waals surface area contributed by atoms with Crippen LogP contribution in [0.25, 0.3) is 0 Å². The van der Waals surface area contributed by atoms with Gasteiger partial charge in [0.2, 0.25) is 5.88 Å². The highest BCUT2D eigenvalue weighted by atomic mass is 32.1. The van der Waals surface area contributed by atoms with E-state index in [2.05, 4.69) is 9.97 Å². The van der Waals surface area contributed by atoms with Gasteiger partial charge in [0.05, 0.1) is 0 Å². The second kappa shape index (κ2) is 4.19. The lowest BCUT2D eigenvalue weighted by atomic mass is 10.3. The highest BCUT2D eigenvalue weighted by Crippen LogP contribution is 2.11. The van der Waals surface area contributed by atoms with E-state index in [0.29, 0.717) is 12.5 Å². The van der Waals surface area contributed by atoms with Gasteiger partial charge in [-0.05, 0) is 12.5 Å². The smallest absolute Gasteiger partial charge is 0.213 e. The number of hydrogen-bond acceptors (Lipinski definition) is 4. The maximum Gasteiger partial charge on any atom is 0.213 e. The zero-order valence-electron chi connectivity index (χ0n) is 7.80. The average Bonchev–Trinajstić information content (AvgIpc) is 2.70. The molecule has 0 saturated heterocycles. The lowest BCUT2D eigenvalue weighted by molar-refractivity contribution is 0.293. The zero-order valence-corrected chi connectivity index (χ0v) is 8.62. The summed E-state index contributed by atoms with van der Waals surface area (Å²) < 4.78 is 5.44. The Labute approximate surface area is 86.4 Å². The Morgan fingerprint density at radius 2 is 2.29 bits per heavy atom. The van der Waals surface area contributed by atoms with Crippen molar-refractivity contribution in [2.24, 2.45) is 0 Å². The van der Waals surface area contributed by atoms with E-state index in [1.165, 1.54) is 0 Å². The summed E-state index contributed by atoms with van der Waals surface area (Å²) in [6.07, 6.45) is 3.56. The molecule has 0 amide bonds. The molecular weight excluding hydrogens is 196 g/mol. The van der Waals surface area contributed by atoms with Gasteiger partial charge in [-0.15, -0.1) is 11.3 Å². The molecule has 2 aromatic rings. The van der Waals surface area contributed by atoms with Crippen molar-refractivity contribution in [3.63, 3.8) is 0 Å². The minimum absolute atomic E-state index is 0.494. The monoisotopic (exact) mass is 206 g/mol. The molecule has 2 heterocycles. The highest BCUT2D eigenvalue weighted by molar-refractivity contribution is 7.09. The number of aromatic nitrogens is 2. The molecule has 0 aliphatic rings. The number of aryl methyl sites for hydroxylation is 1. The minimum atomic E-state index is 0.494. The first-order valence-corrected chi connectivity index (χ1v) is 5.16. The maximum atomic E-state index is 5.44. The molecule has 0 radical (unpaired) electrons. The largest absolute Gasteiger partial charge is 0.470 e. The highest BCUT2D eigenvalue weighted by Gasteiger charge is 1.97. The van der Waals surface area contributed by atoms with Crippen molar-refractivity contribution in [3.05, 3.63) is 40.5 Å². The van der Waals surface area contributed by atoms with Crippen molar-refractivity contribution >= 4 is 11.3 Å². The predicted octanol–water partition coefficient (Wildman–Crippen LogP) is 2.43. The van der Waals surface area contributed by atoms with Gasteiger partial charge in [-0.2, -0.15) is 0 Å². The van der Waals surface area contributed by atoms with Gasteiger partial charge in [-0.25, -0.2) is 9.97 Å². The normalized spacial score (nSPS) is 10.1. The van der Waals surface area contributed by atoms with Crippen LogP contribution in [-0.2, 0) is 6.61 Å². The van der Waals surface area contributed by atoms with E-state index in [1.54, 1.807) is 23.7 Å². The molecule has 14 heavy (non-hydrogen) atoms. The van der Waals surface area contributed by atoms with E-state index in [1.807, 2.05) is 24.4 Å². The van der Waals surface area contributed by atoms with E-state index >= 15 is 0 Å². The van der Waals surface area contributed by atoms with Crippen LogP contribution in [0.5, 0.6) is 5.88 Å². The van der Waals surface area contributed by atoms with Gasteiger partial charge in [0.25, 0.3) is 0 Å². The fraction of sp³-hybridized carbons (Fsp3) is 0.200. The Morgan fingerprint density at radius 3 is 2.93 bits per heavy atom. The van der Waals surface area contributed by atoms with Crippen molar-refractivity contribution in [2.45, 2.75) is 13.5 Å². The van der Waals surface area contributed by atoms with Gasteiger partial charge in [0, 0.05) is 23.8 Å². The van der Waals surface area contributed by atoms with E-state index in [4.69, 9.17) is 4.74 Å². The number of pyridine rings is 1. The minimum Gasteiger partial charge on any atom is -0.470 e. The molecule has 0 saturated carbocycles. The third-order valence-electron chi connectivity index (χ3n) is 1.71. The van der Waals surface area contributed by atoms with Crippen LogP contribution >= 0.6 is 11.3 Å². The Bertz CT molecular complexity index is 383. The Hall–Kier alpha value is -1.42. The molecule has 3 nitrogen and oxygen atoms in total. The number of thiazole rings is 1. The van der Waals surface area contributed by atoms with E-state index < -0.39 is 0 Å². The molecule has 0 aliphatic carbocycles. The summed E-state index contributed by atoms with van der Waals surface area (Å²) >= 11 is 1.58. The van der Waals surface area contributed by atoms with Gasteiger partial charge < -0.3 is 4.74 Å². The van der Waals surface area contributed by atoms with E-state index in [-0.39, 0.29) is 0 Å². The molecular formula is C10H10N2OS. The van der Waals surface area contributed by atoms with Crippen LogP contribution in [0.15, 0.2) is 29.9 Å². The Kier molecular flexibility index (Phi) is 2.74. The molecule has 4 heteroatoms. The lowest BCUT2D eigenvalue weighted by Gasteiger charge is -2.02. The summed E-state index contributed by atoms with van der Waals surface area (Å²) in [6.45, 7) is 2.49. The molecule has 0 N–H and O–H groups in total. The molecule has 2 rings (SSSR count). The fourth-order valence-corrected chi connectivity index (χ4v) is 1.53. The SMILES string of the molecule is Cc1ccc(OCc2nccs2)nc1. The molecule has 0 aliphatic heterocycles. The third-order valence-corrected chi connectivity index (χ3v) is 2.46. The number of ether oxygens (including phenoxy) is 1. The molecule has 0 spiro atoms. The van der Waals surface area contributed by atoms with Crippen molar-refractivity contribution in [3.8, 4) is 5.88 Å². The molecule has 0 unspecified atom stereocenters. The van der Waals surface area contributed by atoms with Crippen LogP contribution in [0, 0.1) is 6.92 Å². The molecule has 0 fully saturated rings. The summed E-state index contributed by atoms with van der Waals surface area (Å²) in [5.41, 5.74) is 1.13. The quantitative estimate of drug-likeness (QED) is 0.773. The molecule has 0 aromatic carbocycles. The van der Waals surface area contributed by atoms with Crippen LogP contribution in [-0.4, -0.2) is 9.97 Å². The number of hydrogen-bond donors (Lipinski definition) is 0. The van der Waals surface area contributed by atoms with Crippen LogP contribution < -0.4 is 4.74 Å². The van der Waals surface area contributed by atoms with Crippen LogP contribution in [0.2, 0.25) is 0 Å². The first-order valence-electron chi connectivity index (χ1n) is 4.28. The summed E-state index contributed by atoms with van der Waals surface area (Å²) in [7, 11) is 0. The summed E-state index contributed by atoms with van der Waals surface area (Å²) in [4.78, 5) is 8.25. The van der Waals surface area contributed by atoms with Gasteiger partial charge >= 0.3 is 0 Å². The van der Waals surface area contributed by atoms with Crippen molar-refractivity contribution in [1.29, 1.82) is 0 Å². The summed E-state index contributed by atoms with van der Waals surface area (Å²) in [5.74, 6) is 0.644. The number of rotatable bonds is 3. The van der Waals surface area contributed by atoms with Crippen molar-refractivity contribution in [2.75, 3.05) is 0 Å². The first-order chi connectivity index (χ1) is 6.84. The van der Waals surface area contributed by atoms with Gasteiger partial charge in [-0.1, -0.05) is 6.07 Å². The second-order valence-electron chi connectivity index (χ2n) is 2.89. The zero-order chi connectivity index (χ0) is 9.80. The number of nitrogens with zero attached hydrogens (tertiary/aromatic N) is 2. The fourth-order valence-electron chi connectivity index (χ4n) is 1.000. The Balaban J connectivity index is 1.95. The van der Waals surface area contributed by atoms with Gasteiger partial charge in [0.1, 0.15) is 11.6 Å². The van der Waals surface area contributed by atoms with Crippen LogP contribution in [0.1, 0.15) is 10.6 Å². The maximum absolute atomic E-state index is 5.44. The molecule has 0 atom stereocenters. The Morgan fingerprint density at radius 1 is 1.36 bits per heavy atom. The van der Waals surface area contributed by atoms with E-state index in [9.17, 15) is 0 Å². The van der Waals surface area contributed by atoms with Crippen molar-refractivity contribution < 1.29 is 4.74 Å². The third kappa shape index (κ3) is 2.29. The second-order valence-corrected chi connectivity index (χ2v) is 3.87. The topological polar surface area (TPSA) is 35.0 Å². The summed E-state index contributed by atoms with van der Waals surface area (Å²) in [6, 6.07) is 3.84. The van der Waals surface area contributed by atoms with Gasteiger partial charge in [-0.3, -0.25) is 0 Å². The first kappa shape index (κ1) is 9.15. The lowest BCUT2D eigenvalue weighted by Crippen LogP contribution is -1.96. The van der Waals surface area contributed by atoms with Crippen molar-refractivity contribution in [1.82, 2.24) is 9.97 Å². The predicted molar refractivity (Wildman–Crippen MR) is 55.4 cm³/mol. The molecule has 2 aromatic heterocycles. The molecule has 0 bridgehead atoms. The molecule has 72 valence electrons. The van der Waals surface area contributed by atoms with Crippen LogP contribution in [0.4, 0.5) is 0 Å². The summed E-state index contributed by atoms with van der Waals surface area (Å²) in [5, 5.41) is 2.90. The van der Waals surface area contributed by atoms with Crippen LogP contribution in [0.3, 0.4) is 0 Å². The standard InChI is InChI=1S/C10H10N2OS/c1-8-2-3-9(12-6-8)13-7-10-11-4-5-14-10/h2-6H,7H2,1H3. The average molecular weight is 206 g/mol. The van der Waals surface area contributed by atoms with Gasteiger partial charge in [0.15, 0.2) is 0 Å². The van der Waals surface area contributed by atoms with E-state index in [0.717, 1.165) is 10.6 Å².